The maximum absolute atomic E-state index is 13.6. The van der Waals surface area contributed by atoms with E-state index in [4.69, 9.17) is 1.37 Å². The molecule has 1 nitrogen and oxygen atoms in total. The first kappa shape index (κ1) is 11.6. The second-order valence-electron chi connectivity index (χ2n) is 5.12. The molecule has 0 saturated heterocycles. The predicted molar refractivity (Wildman–Crippen MR) is 80.0 cm³/mol. The molecule has 1 aromatic heterocycles. The summed E-state index contributed by atoms with van der Waals surface area (Å²) in [5.41, 5.74) is 4.12. The number of hydrogen-bond donors (Lipinski definition) is 0. The van der Waals surface area contributed by atoms with Crippen molar-refractivity contribution in [2.45, 2.75) is 13.8 Å². The van der Waals surface area contributed by atoms with Crippen molar-refractivity contribution in [3.8, 4) is 11.3 Å². The lowest BCUT2D eigenvalue weighted by Crippen LogP contribution is -2.35. The maximum atomic E-state index is 13.6. The van der Waals surface area contributed by atoms with Gasteiger partial charge in [-0.05, 0) is 42.1 Å². The molecule has 0 amide bonds. The highest BCUT2D eigenvalue weighted by molar-refractivity contribution is 5.93. The van der Waals surface area contributed by atoms with E-state index in [1.165, 1.54) is 12.1 Å². The third-order valence-electron chi connectivity index (χ3n) is 3.79. The molecule has 2 aromatic carbocycles. The van der Waals surface area contributed by atoms with E-state index in [0.29, 0.717) is 11.4 Å². The smallest absolute Gasteiger partial charge is 0.207 e. The first-order valence-electron chi connectivity index (χ1n) is 7.15. The van der Waals surface area contributed by atoms with Crippen LogP contribution >= 0.6 is 0 Å². The van der Waals surface area contributed by atoms with E-state index in [0.717, 1.165) is 27.9 Å². The molecule has 0 spiro atoms. The van der Waals surface area contributed by atoms with Gasteiger partial charge >= 0.3 is 0 Å². The second-order valence-corrected chi connectivity index (χ2v) is 5.12. The third kappa shape index (κ3) is 1.97. The zero-order valence-corrected chi connectivity index (χ0v) is 11.9. The minimum atomic E-state index is -0.306. The van der Waals surface area contributed by atoms with E-state index in [9.17, 15) is 4.39 Å². The van der Waals surface area contributed by atoms with E-state index in [1.54, 1.807) is 6.07 Å². The minimum Gasteiger partial charge on any atom is -0.207 e. The van der Waals surface area contributed by atoms with Crippen LogP contribution in [0.3, 0.4) is 0 Å². The number of aromatic nitrogens is 1. The van der Waals surface area contributed by atoms with Crippen molar-refractivity contribution in [1.82, 2.24) is 0 Å². The summed E-state index contributed by atoms with van der Waals surface area (Å²) in [6.45, 7) is 3.96. The molecule has 0 aliphatic carbocycles. The number of fused-ring (bicyclic) bond motifs is 1. The van der Waals surface area contributed by atoms with Gasteiger partial charge in [0.1, 0.15) is 12.9 Å². The summed E-state index contributed by atoms with van der Waals surface area (Å²) < 4.78 is 23.8. The molecule has 0 aliphatic rings. The molecule has 0 bridgehead atoms. The number of hydrogen-bond acceptors (Lipinski definition) is 0. The van der Waals surface area contributed by atoms with Crippen LogP contribution in [0.1, 0.15) is 12.6 Å². The van der Waals surface area contributed by atoms with Crippen LogP contribution in [0, 0.1) is 19.7 Å². The summed E-state index contributed by atoms with van der Waals surface area (Å²) >= 11 is 0. The van der Waals surface area contributed by atoms with Crippen molar-refractivity contribution < 1.29 is 10.3 Å². The molecule has 3 aromatic rings. The summed E-state index contributed by atoms with van der Waals surface area (Å²) in [5, 5.41) is 1.56. The molecule has 0 fully saturated rings. The summed E-state index contributed by atoms with van der Waals surface area (Å²) in [5.74, 6) is -0.306. The average molecular weight is 267 g/mol. The fourth-order valence-corrected chi connectivity index (χ4v) is 2.62. The zero-order chi connectivity index (χ0) is 15.1. The molecule has 3 rings (SSSR count). The maximum Gasteiger partial charge on any atom is 0.220 e. The van der Waals surface area contributed by atoms with Crippen LogP contribution in [0.5, 0.6) is 0 Å². The molecule has 0 unspecified atom stereocenters. The van der Waals surface area contributed by atoms with Gasteiger partial charge in [0.25, 0.3) is 0 Å². The Balaban J connectivity index is 2.51. The van der Waals surface area contributed by atoms with Crippen LogP contribution in [0.15, 0.2) is 48.5 Å². The topological polar surface area (TPSA) is 3.88 Å². The monoisotopic (exact) mass is 267 g/mol. The summed E-state index contributed by atoms with van der Waals surface area (Å²) in [4.78, 5) is 0. The highest BCUT2D eigenvalue weighted by atomic mass is 19.1. The second kappa shape index (κ2) is 4.71. The Labute approximate surface area is 119 Å². The van der Waals surface area contributed by atoms with Crippen molar-refractivity contribution in [1.29, 1.82) is 0 Å². The van der Waals surface area contributed by atoms with Crippen LogP contribution in [-0.4, -0.2) is 0 Å². The van der Waals surface area contributed by atoms with Crippen LogP contribution in [-0.2, 0) is 7.05 Å². The number of benzene rings is 2. The van der Waals surface area contributed by atoms with Crippen molar-refractivity contribution in [3.63, 3.8) is 0 Å². The van der Waals surface area contributed by atoms with Crippen molar-refractivity contribution >= 4 is 10.8 Å². The predicted octanol–water partition coefficient (Wildman–Crippen LogP) is 4.09. The Morgan fingerprint density at radius 2 is 1.85 bits per heavy atom. The summed E-state index contributed by atoms with van der Waals surface area (Å²) in [6, 6.07) is 13.2. The van der Waals surface area contributed by atoms with E-state index in [1.807, 2.05) is 30.7 Å². The summed E-state index contributed by atoms with van der Waals surface area (Å²) in [6.07, 6.45) is 0. The van der Waals surface area contributed by atoms with Gasteiger partial charge in [0.2, 0.25) is 5.69 Å². The Hall–Kier alpha value is -2.22. The molecule has 0 radical (unpaired) electrons. The van der Waals surface area contributed by atoms with Gasteiger partial charge in [0.05, 0.1) is 6.76 Å². The molecule has 20 heavy (non-hydrogen) atoms. The van der Waals surface area contributed by atoms with Gasteiger partial charge in [-0.3, -0.25) is 0 Å². The van der Waals surface area contributed by atoms with Gasteiger partial charge in [-0.25, -0.2) is 4.39 Å². The van der Waals surface area contributed by atoms with E-state index in [-0.39, 0.29) is 5.82 Å². The largest absolute Gasteiger partial charge is 0.220 e. The van der Waals surface area contributed by atoms with Gasteiger partial charge in [-0.1, -0.05) is 18.2 Å². The minimum absolute atomic E-state index is 0.306. The van der Waals surface area contributed by atoms with Crippen LogP contribution < -0.4 is 4.57 Å². The van der Waals surface area contributed by atoms with E-state index < -0.39 is 0 Å². The lowest BCUT2D eigenvalue weighted by atomic mass is 9.99. The average Bonchev–Trinajstić information content (AvgIpc) is 2.47. The normalized spacial score (nSPS) is 11.7. The Morgan fingerprint density at radius 1 is 1.10 bits per heavy atom. The van der Waals surface area contributed by atoms with Gasteiger partial charge in [-0.2, -0.15) is 4.57 Å². The standard InChI is InChI=1S/C18H17FN/c1-12-6-4-5-7-16(12)18-17-9-8-15(19)11-14(17)10-13(2)20(18)3/h4-11H,1-3H3/q+1/i10D. The molecular weight excluding hydrogens is 249 g/mol. The number of aryl methyl sites for hydroxylation is 1. The first-order valence-corrected chi connectivity index (χ1v) is 6.65. The van der Waals surface area contributed by atoms with Crippen molar-refractivity contribution in [2.24, 2.45) is 7.05 Å². The molecule has 0 atom stereocenters. The quantitative estimate of drug-likeness (QED) is 0.585. The lowest BCUT2D eigenvalue weighted by Gasteiger charge is -2.09. The number of halogens is 1. The first-order chi connectivity index (χ1) is 10.0. The lowest BCUT2D eigenvalue weighted by molar-refractivity contribution is -0.665. The van der Waals surface area contributed by atoms with Crippen LogP contribution in [0.4, 0.5) is 4.39 Å². The Morgan fingerprint density at radius 3 is 2.60 bits per heavy atom. The molecular formula is C18H17FN+. The molecule has 0 N–H and O–H groups in total. The van der Waals surface area contributed by atoms with Gasteiger partial charge in [0, 0.05) is 18.5 Å². The van der Waals surface area contributed by atoms with E-state index in [2.05, 4.69) is 19.1 Å². The number of nitrogens with zero attached hydrogens (tertiary/aromatic N) is 1. The fourth-order valence-electron chi connectivity index (χ4n) is 2.62. The molecule has 1 heterocycles. The van der Waals surface area contributed by atoms with Gasteiger partial charge in [0.15, 0.2) is 5.69 Å². The SMILES string of the molecule is [2H]c1c(C)[n+](C)c(-c2ccccc2C)c2ccc(F)cc12. The number of rotatable bonds is 1. The van der Waals surface area contributed by atoms with Gasteiger partial charge in [-0.15, -0.1) is 0 Å². The summed E-state index contributed by atoms with van der Waals surface area (Å²) in [7, 11) is 1.96. The fraction of sp³-hybridized carbons (Fsp3) is 0.167. The highest BCUT2D eigenvalue weighted by Crippen LogP contribution is 2.28. The Bertz CT molecular complexity index is 855. The zero-order valence-electron chi connectivity index (χ0n) is 12.9. The van der Waals surface area contributed by atoms with Gasteiger partial charge < -0.3 is 0 Å². The third-order valence-corrected chi connectivity index (χ3v) is 3.79. The Kier molecular flexibility index (Phi) is 2.73. The molecule has 0 aliphatic heterocycles. The molecule has 100 valence electrons. The van der Waals surface area contributed by atoms with Crippen LogP contribution in [0.25, 0.3) is 22.0 Å². The van der Waals surface area contributed by atoms with Crippen molar-refractivity contribution in [2.75, 3.05) is 0 Å². The van der Waals surface area contributed by atoms with Crippen molar-refractivity contribution in [3.05, 3.63) is 65.6 Å². The highest BCUT2D eigenvalue weighted by Gasteiger charge is 2.19. The van der Waals surface area contributed by atoms with E-state index >= 15 is 0 Å². The molecule has 2 heteroatoms. The molecule has 0 saturated carbocycles. The number of pyridine rings is 1. The van der Waals surface area contributed by atoms with Crippen LogP contribution in [0.2, 0.25) is 0 Å².